The summed E-state index contributed by atoms with van der Waals surface area (Å²) in [6.07, 6.45) is 3.08. The van der Waals surface area contributed by atoms with Gasteiger partial charge in [-0.1, -0.05) is 11.6 Å². The number of carboxylic acids is 1. The van der Waals surface area contributed by atoms with E-state index in [4.69, 9.17) is 16.7 Å². The maximum absolute atomic E-state index is 10.6. The Morgan fingerprint density at radius 3 is 2.76 bits per heavy atom. The summed E-state index contributed by atoms with van der Waals surface area (Å²) in [7, 11) is 0. The maximum Gasteiger partial charge on any atom is 0.337 e. The smallest absolute Gasteiger partial charge is 0.337 e. The van der Waals surface area contributed by atoms with Crippen molar-refractivity contribution in [3.05, 3.63) is 39.4 Å². The molecule has 2 rings (SSSR count). The number of aromatic nitrogens is 2. The second-order valence-corrected chi connectivity index (χ2v) is 5.75. The zero-order valence-corrected chi connectivity index (χ0v) is 10.8. The van der Waals surface area contributed by atoms with Gasteiger partial charge in [-0.2, -0.15) is 0 Å². The van der Waals surface area contributed by atoms with Crippen LogP contribution in [0.15, 0.2) is 29.6 Å². The Bertz CT molecular complexity index is 527. The molecule has 17 heavy (non-hydrogen) atoms. The third kappa shape index (κ3) is 3.42. The van der Waals surface area contributed by atoms with Crippen molar-refractivity contribution in [1.82, 2.24) is 9.97 Å². The van der Waals surface area contributed by atoms with Gasteiger partial charge in [-0.05, 0) is 12.1 Å². The molecule has 0 amide bonds. The highest BCUT2D eigenvalue weighted by Gasteiger charge is 2.04. The number of thioether (sulfide) groups is 1. The lowest BCUT2D eigenvalue weighted by Gasteiger charge is -1.99. The first-order valence-corrected chi connectivity index (χ1v) is 6.75. The number of halogens is 1. The highest BCUT2D eigenvalue weighted by molar-refractivity contribution is 7.98. The van der Waals surface area contributed by atoms with Crippen molar-refractivity contribution in [3.8, 4) is 0 Å². The summed E-state index contributed by atoms with van der Waals surface area (Å²) in [6.45, 7) is 0. The fraction of sp³-hybridized carbons (Fsp3) is 0.100. The standard InChI is InChI=1S/C10H7ClN2O2S2/c11-10-13-4-7(17-10)5-16-8-2-1-6(3-12-8)9(14)15/h1-4H,5H2,(H,14,15). The number of pyridine rings is 1. The van der Waals surface area contributed by atoms with Crippen LogP contribution < -0.4 is 0 Å². The Hall–Kier alpha value is -1.11. The van der Waals surface area contributed by atoms with Crippen LogP contribution in [0, 0.1) is 0 Å². The highest BCUT2D eigenvalue weighted by Crippen LogP contribution is 2.26. The average Bonchev–Trinajstić information content (AvgIpc) is 2.73. The molecule has 2 heterocycles. The van der Waals surface area contributed by atoms with Gasteiger partial charge in [-0.15, -0.1) is 23.1 Å². The van der Waals surface area contributed by atoms with Crippen LogP contribution in [0.4, 0.5) is 0 Å². The van der Waals surface area contributed by atoms with Crippen LogP contribution >= 0.6 is 34.7 Å². The van der Waals surface area contributed by atoms with Crippen molar-refractivity contribution >= 4 is 40.7 Å². The van der Waals surface area contributed by atoms with Gasteiger partial charge < -0.3 is 5.11 Å². The van der Waals surface area contributed by atoms with Gasteiger partial charge in [0.15, 0.2) is 4.47 Å². The number of hydrogen-bond acceptors (Lipinski definition) is 5. The van der Waals surface area contributed by atoms with E-state index in [0.717, 1.165) is 15.7 Å². The summed E-state index contributed by atoms with van der Waals surface area (Å²) in [6, 6.07) is 3.23. The topological polar surface area (TPSA) is 63.1 Å². The molecule has 0 fully saturated rings. The molecular weight excluding hydrogens is 280 g/mol. The molecular formula is C10H7ClN2O2S2. The first-order valence-electron chi connectivity index (χ1n) is 4.57. The van der Waals surface area contributed by atoms with Crippen molar-refractivity contribution in [2.75, 3.05) is 0 Å². The van der Waals surface area contributed by atoms with Crippen molar-refractivity contribution in [3.63, 3.8) is 0 Å². The number of hydrogen-bond donors (Lipinski definition) is 1. The van der Waals surface area contributed by atoms with Crippen molar-refractivity contribution in [2.24, 2.45) is 0 Å². The summed E-state index contributed by atoms with van der Waals surface area (Å²) in [5, 5.41) is 9.50. The van der Waals surface area contributed by atoms with E-state index < -0.39 is 5.97 Å². The zero-order valence-electron chi connectivity index (χ0n) is 8.46. The monoisotopic (exact) mass is 286 g/mol. The quantitative estimate of drug-likeness (QED) is 0.875. The number of thiazole rings is 1. The van der Waals surface area contributed by atoms with Gasteiger partial charge in [-0.3, -0.25) is 0 Å². The molecule has 4 nitrogen and oxygen atoms in total. The van der Waals surface area contributed by atoms with Gasteiger partial charge in [-0.25, -0.2) is 14.8 Å². The lowest BCUT2D eigenvalue weighted by molar-refractivity contribution is 0.0696. The number of rotatable bonds is 4. The fourth-order valence-electron chi connectivity index (χ4n) is 1.09. The van der Waals surface area contributed by atoms with E-state index in [1.165, 1.54) is 35.4 Å². The van der Waals surface area contributed by atoms with Crippen LogP contribution in [-0.4, -0.2) is 21.0 Å². The van der Waals surface area contributed by atoms with Crippen LogP contribution in [0.1, 0.15) is 15.2 Å². The van der Waals surface area contributed by atoms with E-state index in [9.17, 15) is 4.79 Å². The molecule has 1 N–H and O–H groups in total. The molecule has 0 aliphatic carbocycles. The molecule has 7 heteroatoms. The van der Waals surface area contributed by atoms with Gasteiger partial charge in [0, 0.05) is 23.0 Å². The lowest BCUT2D eigenvalue weighted by atomic mass is 10.3. The Balaban J connectivity index is 1.97. The second kappa shape index (κ2) is 5.48. The third-order valence-corrected chi connectivity index (χ3v) is 4.16. The second-order valence-electron chi connectivity index (χ2n) is 3.06. The van der Waals surface area contributed by atoms with Crippen LogP contribution in [0.5, 0.6) is 0 Å². The highest BCUT2D eigenvalue weighted by atomic mass is 35.5. The molecule has 0 unspecified atom stereocenters. The molecule has 0 aliphatic heterocycles. The van der Waals surface area contributed by atoms with E-state index in [-0.39, 0.29) is 5.56 Å². The van der Waals surface area contributed by atoms with Crippen LogP contribution in [0.2, 0.25) is 4.47 Å². The molecule has 0 radical (unpaired) electrons. The lowest BCUT2D eigenvalue weighted by Crippen LogP contribution is -1.96. The van der Waals surface area contributed by atoms with Crippen molar-refractivity contribution in [1.29, 1.82) is 0 Å². The number of aromatic carboxylic acids is 1. The fourth-order valence-corrected chi connectivity index (χ4v) is 2.93. The van der Waals surface area contributed by atoms with Gasteiger partial charge >= 0.3 is 5.97 Å². The molecule has 0 saturated carbocycles. The molecule has 0 saturated heterocycles. The largest absolute Gasteiger partial charge is 0.478 e. The normalized spacial score (nSPS) is 10.4. The van der Waals surface area contributed by atoms with Gasteiger partial charge in [0.2, 0.25) is 0 Å². The van der Waals surface area contributed by atoms with Crippen LogP contribution in [0.3, 0.4) is 0 Å². The van der Waals surface area contributed by atoms with E-state index in [1.807, 2.05) is 0 Å². The Morgan fingerprint density at radius 1 is 1.41 bits per heavy atom. The SMILES string of the molecule is O=C(O)c1ccc(SCc2cnc(Cl)s2)nc1. The number of carboxylic acid groups (broad SMARTS) is 1. The first-order chi connectivity index (χ1) is 8.15. The number of nitrogens with zero attached hydrogens (tertiary/aromatic N) is 2. The molecule has 0 spiro atoms. The molecule has 88 valence electrons. The van der Waals surface area contributed by atoms with Crippen molar-refractivity contribution in [2.45, 2.75) is 10.8 Å². The predicted molar refractivity (Wildman–Crippen MR) is 67.9 cm³/mol. The van der Waals surface area contributed by atoms with E-state index in [2.05, 4.69) is 9.97 Å². The molecule has 0 bridgehead atoms. The Kier molecular flexibility index (Phi) is 3.98. The first kappa shape index (κ1) is 12.3. The van der Waals surface area contributed by atoms with Gasteiger partial charge in [0.1, 0.15) is 0 Å². The zero-order chi connectivity index (χ0) is 12.3. The minimum absolute atomic E-state index is 0.190. The summed E-state index contributed by atoms with van der Waals surface area (Å²) in [4.78, 5) is 19.7. The van der Waals surface area contributed by atoms with Gasteiger partial charge in [0.05, 0.1) is 10.6 Å². The minimum atomic E-state index is -0.969. The molecule has 2 aromatic rings. The van der Waals surface area contributed by atoms with Crippen LogP contribution in [0.25, 0.3) is 0 Å². The minimum Gasteiger partial charge on any atom is -0.478 e. The van der Waals surface area contributed by atoms with E-state index in [0.29, 0.717) is 4.47 Å². The number of carbonyl (C=O) groups is 1. The molecule has 0 aromatic carbocycles. The van der Waals surface area contributed by atoms with Gasteiger partial charge in [0.25, 0.3) is 0 Å². The van der Waals surface area contributed by atoms with Crippen molar-refractivity contribution < 1.29 is 9.90 Å². The average molecular weight is 287 g/mol. The predicted octanol–water partition coefficient (Wildman–Crippen LogP) is 3.18. The summed E-state index contributed by atoms with van der Waals surface area (Å²) in [5.74, 6) is -0.243. The summed E-state index contributed by atoms with van der Waals surface area (Å²) in [5.41, 5.74) is 0.190. The third-order valence-electron chi connectivity index (χ3n) is 1.87. The van der Waals surface area contributed by atoms with Crippen LogP contribution in [-0.2, 0) is 5.75 Å². The Labute approximate surface area is 111 Å². The Morgan fingerprint density at radius 2 is 2.24 bits per heavy atom. The summed E-state index contributed by atoms with van der Waals surface area (Å²) >= 11 is 8.66. The van der Waals surface area contributed by atoms with E-state index >= 15 is 0 Å². The molecule has 2 aromatic heterocycles. The molecule has 0 atom stereocenters. The van der Waals surface area contributed by atoms with E-state index in [1.54, 1.807) is 12.3 Å². The summed E-state index contributed by atoms with van der Waals surface area (Å²) < 4.78 is 0.523. The molecule has 0 aliphatic rings. The maximum atomic E-state index is 10.6.